The molecule has 2 aromatic carbocycles. The van der Waals surface area contributed by atoms with Gasteiger partial charge in [0.2, 0.25) is 0 Å². The Balaban J connectivity index is 1.73. The number of hydrogen-bond donors (Lipinski definition) is 1. The van der Waals surface area contributed by atoms with Crippen LogP contribution in [-0.2, 0) is 17.7 Å². The van der Waals surface area contributed by atoms with Gasteiger partial charge in [0.1, 0.15) is 0 Å². The standard InChI is InChI=1S/C23H23N3O3S/c1-3-29-23(28)21-18-14-25(22(27)17-6-4-5-7-20(17)30)13-12-19(18)26(24-21)16-10-8-15(2)9-11-16/h4-11,30H,3,12-14H2,1-2H3. The summed E-state index contributed by atoms with van der Waals surface area (Å²) in [4.78, 5) is 28.1. The molecule has 0 atom stereocenters. The zero-order valence-corrected chi connectivity index (χ0v) is 17.9. The molecule has 154 valence electrons. The Hall–Kier alpha value is -3.06. The van der Waals surface area contributed by atoms with E-state index in [1.54, 1.807) is 28.6 Å². The van der Waals surface area contributed by atoms with Crippen LogP contribution in [0, 0.1) is 6.92 Å². The number of hydrogen-bond acceptors (Lipinski definition) is 5. The van der Waals surface area contributed by atoms with Crippen LogP contribution in [0.4, 0.5) is 0 Å². The maximum Gasteiger partial charge on any atom is 0.359 e. The number of benzene rings is 2. The molecule has 0 saturated carbocycles. The summed E-state index contributed by atoms with van der Waals surface area (Å²) in [6, 6.07) is 15.2. The lowest BCUT2D eigenvalue weighted by atomic mass is 10.0. The molecule has 1 aromatic heterocycles. The van der Waals surface area contributed by atoms with E-state index < -0.39 is 5.97 Å². The van der Waals surface area contributed by atoms with Crippen molar-refractivity contribution in [2.45, 2.75) is 31.7 Å². The minimum Gasteiger partial charge on any atom is -0.461 e. The largest absolute Gasteiger partial charge is 0.461 e. The molecule has 1 aliphatic heterocycles. The highest BCUT2D eigenvalue weighted by Crippen LogP contribution is 2.28. The second kappa shape index (κ2) is 8.36. The fraction of sp³-hybridized carbons (Fsp3) is 0.261. The smallest absolute Gasteiger partial charge is 0.359 e. The fourth-order valence-corrected chi connectivity index (χ4v) is 3.94. The Morgan fingerprint density at radius 3 is 2.57 bits per heavy atom. The van der Waals surface area contributed by atoms with E-state index in [0.29, 0.717) is 30.0 Å². The Labute approximate surface area is 180 Å². The fourth-order valence-electron chi connectivity index (χ4n) is 3.68. The molecule has 6 nitrogen and oxygen atoms in total. The number of carbonyl (C=O) groups excluding carboxylic acids is 2. The summed E-state index contributed by atoms with van der Waals surface area (Å²) in [5.41, 5.74) is 4.52. The van der Waals surface area contributed by atoms with Gasteiger partial charge in [-0.25, -0.2) is 9.48 Å². The number of thiol groups is 1. The lowest BCUT2D eigenvalue weighted by Gasteiger charge is -2.28. The molecule has 0 N–H and O–H groups in total. The van der Waals surface area contributed by atoms with Gasteiger partial charge >= 0.3 is 5.97 Å². The first-order valence-electron chi connectivity index (χ1n) is 9.91. The van der Waals surface area contributed by atoms with Crippen molar-refractivity contribution in [1.82, 2.24) is 14.7 Å². The summed E-state index contributed by atoms with van der Waals surface area (Å²) in [5, 5.41) is 4.58. The van der Waals surface area contributed by atoms with Gasteiger partial charge in [0.05, 0.1) is 30.1 Å². The lowest BCUT2D eigenvalue weighted by Crippen LogP contribution is -2.37. The first-order chi connectivity index (χ1) is 14.5. The van der Waals surface area contributed by atoms with E-state index in [4.69, 9.17) is 4.74 Å². The second-order valence-electron chi connectivity index (χ2n) is 7.24. The molecule has 3 aromatic rings. The molecule has 0 aliphatic carbocycles. The van der Waals surface area contributed by atoms with Gasteiger partial charge in [-0.1, -0.05) is 29.8 Å². The Morgan fingerprint density at radius 1 is 1.13 bits per heavy atom. The zero-order chi connectivity index (χ0) is 21.3. The van der Waals surface area contributed by atoms with Gasteiger partial charge in [-0.3, -0.25) is 4.79 Å². The van der Waals surface area contributed by atoms with Gasteiger partial charge in [-0.15, -0.1) is 12.6 Å². The maximum atomic E-state index is 13.1. The third-order valence-corrected chi connectivity index (χ3v) is 5.62. The second-order valence-corrected chi connectivity index (χ2v) is 7.72. The van der Waals surface area contributed by atoms with Crippen molar-refractivity contribution < 1.29 is 14.3 Å². The average Bonchev–Trinajstić information content (AvgIpc) is 3.13. The van der Waals surface area contributed by atoms with Gasteiger partial charge < -0.3 is 9.64 Å². The number of amides is 1. The zero-order valence-electron chi connectivity index (χ0n) is 17.0. The predicted molar refractivity (Wildman–Crippen MR) is 116 cm³/mol. The van der Waals surface area contributed by atoms with Crippen LogP contribution in [0.2, 0.25) is 0 Å². The van der Waals surface area contributed by atoms with Crippen LogP contribution in [0.25, 0.3) is 5.69 Å². The van der Waals surface area contributed by atoms with Crippen molar-refractivity contribution in [2.75, 3.05) is 13.2 Å². The van der Waals surface area contributed by atoms with Crippen LogP contribution >= 0.6 is 12.6 Å². The lowest BCUT2D eigenvalue weighted by molar-refractivity contribution is 0.0513. The number of carbonyl (C=O) groups is 2. The van der Waals surface area contributed by atoms with E-state index in [9.17, 15) is 9.59 Å². The van der Waals surface area contributed by atoms with E-state index >= 15 is 0 Å². The molecule has 7 heteroatoms. The quantitative estimate of drug-likeness (QED) is 0.513. The summed E-state index contributed by atoms with van der Waals surface area (Å²) < 4.78 is 7.03. The van der Waals surface area contributed by atoms with Crippen LogP contribution in [0.5, 0.6) is 0 Å². The monoisotopic (exact) mass is 421 g/mol. The minimum atomic E-state index is -0.469. The molecule has 0 radical (unpaired) electrons. The molecule has 0 unspecified atom stereocenters. The van der Waals surface area contributed by atoms with Crippen molar-refractivity contribution in [2.24, 2.45) is 0 Å². The predicted octanol–water partition coefficient (Wildman–Crippen LogP) is 3.84. The molecule has 0 spiro atoms. The number of fused-ring (bicyclic) bond motifs is 1. The van der Waals surface area contributed by atoms with Crippen molar-refractivity contribution in [1.29, 1.82) is 0 Å². The number of esters is 1. The van der Waals surface area contributed by atoms with E-state index in [2.05, 4.69) is 17.7 Å². The highest BCUT2D eigenvalue weighted by molar-refractivity contribution is 7.80. The number of aromatic nitrogens is 2. The van der Waals surface area contributed by atoms with Crippen molar-refractivity contribution >= 4 is 24.5 Å². The van der Waals surface area contributed by atoms with Gasteiger partial charge in [0, 0.05) is 23.4 Å². The van der Waals surface area contributed by atoms with Crippen molar-refractivity contribution in [3.8, 4) is 5.69 Å². The highest BCUT2D eigenvalue weighted by Gasteiger charge is 2.31. The van der Waals surface area contributed by atoms with E-state index in [0.717, 1.165) is 22.5 Å². The molecular weight excluding hydrogens is 398 g/mol. The van der Waals surface area contributed by atoms with E-state index in [1.807, 2.05) is 43.3 Å². The normalized spacial score (nSPS) is 13.1. The summed E-state index contributed by atoms with van der Waals surface area (Å²) in [6.07, 6.45) is 0.593. The van der Waals surface area contributed by atoms with Crippen LogP contribution in [0.3, 0.4) is 0 Å². The average molecular weight is 422 g/mol. The van der Waals surface area contributed by atoms with E-state index in [1.165, 1.54) is 0 Å². The molecule has 0 bridgehead atoms. The molecule has 2 heterocycles. The first kappa shape index (κ1) is 20.2. The van der Waals surface area contributed by atoms with Crippen LogP contribution < -0.4 is 0 Å². The maximum absolute atomic E-state index is 13.1. The number of nitrogens with zero attached hydrogens (tertiary/aromatic N) is 3. The van der Waals surface area contributed by atoms with Gasteiger partial charge in [-0.2, -0.15) is 5.10 Å². The highest BCUT2D eigenvalue weighted by atomic mass is 32.1. The van der Waals surface area contributed by atoms with Crippen LogP contribution in [0.1, 0.15) is 44.6 Å². The Kier molecular flexibility index (Phi) is 5.63. The van der Waals surface area contributed by atoms with Gasteiger partial charge in [0.15, 0.2) is 5.69 Å². The third-order valence-electron chi connectivity index (χ3n) is 5.23. The topological polar surface area (TPSA) is 64.4 Å². The Morgan fingerprint density at radius 2 is 1.87 bits per heavy atom. The summed E-state index contributed by atoms with van der Waals surface area (Å²) in [7, 11) is 0. The molecule has 30 heavy (non-hydrogen) atoms. The summed E-state index contributed by atoms with van der Waals surface area (Å²) in [6.45, 7) is 4.89. The molecule has 0 saturated heterocycles. The SMILES string of the molecule is CCOC(=O)c1nn(-c2ccc(C)cc2)c2c1CN(C(=O)c1ccccc1S)CC2. The Bertz CT molecular complexity index is 1110. The number of aryl methyl sites for hydroxylation is 1. The molecule has 1 amide bonds. The van der Waals surface area contributed by atoms with E-state index in [-0.39, 0.29) is 18.2 Å². The minimum absolute atomic E-state index is 0.107. The first-order valence-corrected chi connectivity index (χ1v) is 10.4. The number of ether oxygens (including phenoxy) is 1. The van der Waals surface area contributed by atoms with Crippen LogP contribution in [0.15, 0.2) is 53.4 Å². The number of rotatable bonds is 4. The molecule has 0 fully saturated rings. The van der Waals surface area contributed by atoms with Crippen molar-refractivity contribution in [3.05, 3.63) is 76.6 Å². The van der Waals surface area contributed by atoms with Gasteiger partial charge in [0.25, 0.3) is 5.91 Å². The molecular formula is C23H23N3O3S. The van der Waals surface area contributed by atoms with Crippen molar-refractivity contribution in [3.63, 3.8) is 0 Å². The summed E-state index contributed by atoms with van der Waals surface area (Å²) in [5.74, 6) is -0.576. The van der Waals surface area contributed by atoms with Crippen LogP contribution in [-0.4, -0.2) is 39.7 Å². The molecule has 1 aliphatic rings. The third kappa shape index (κ3) is 3.73. The molecule has 4 rings (SSSR count). The summed E-state index contributed by atoms with van der Waals surface area (Å²) >= 11 is 4.41. The van der Waals surface area contributed by atoms with Gasteiger partial charge in [-0.05, 0) is 38.1 Å².